The Morgan fingerprint density at radius 1 is 1.27 bits per heavy atom. The topological polar surface area (TPSA) is 63.4 Å². The third-order valence-corrected chi connectivity index (χ3v) is 3.75. The van der Waals surface area contributed by atoms with Gasteiger partial charge in [0.25, 0.3) is 10.2 Å². The minimum absolute atomic E-state index is 0.340. The van der Waals surface area contributed by atoms with Crippen LogP contribution in [-0.4, -0.2) is 25.8 Å². The normalized spacial score (nSPS) is 29.5. The third-order valence-electron chi connectivity index (χ3n) is 2.72. The Morgan fingerprint density at radius 2 is 1.91 bits per heavy atom. The molecule has 1 spiro atoms. The Morgan fingerprint density at radius 3 is 2.18 bits per heavy atom. The van der Waals surface area contributed by atoms with Gasteiger partial charge in [0.15, 0.2) is 0 Å². The predicted octanol–water partition coefficient (Wildman–Crippen LogP) is -0.324. The predicted molar refractivity (Wildman–Crippen MR) is 41.0 cm³/mol. The van der Waals surface area contributed by atoms with Crippen LogP contribution in [0.3, 0.4) is 0 Å². The molecule has 0 atom stereocenters. The molecule has 2 aliphatic rings. The van der Waals surface area contributed by atoms with Gasteiger partial charge < -0.3 is 0 Å². The molecule has 2 rings (SSSR count). The van der Waals surface area contributed by atoms with Crippen molar-refractivity contribution in [2.75, 3.05) is 13.1 Å². The van der Waals surface area contributed by atoms with E-state index in [2.05, 4.69) is 0 Å². The Kier molecular flexibility index (Phi) is 1.34. The first-order valence-electron chi connectivity index (χ1n) is 3.80. The molecule has 5 heteroatoms. The van der Waals surface area contributed by atoms with Crippen LogP contribution in [0.4, 0.5) is 0 Å². The van der Waals surface area contributed by atoms with Gasteiger partial charge in [-0.2, -0.15) is 12.7 Å². The Bertz CT molecular complexity index is 268. The molecule has 0 radical (unpaired) electrons. The molecule has 1 saturated heterocycles. The van der Waals surface area contributed by atoms with Crippen LogP contribution >= 0.6 is 0 Å². The molecule has 2 fully saturated rings. The maximum Gasteiger partial charge on any atom is 0.276 e. The van der Waals surface area contributed by atoms with Crippen LogP contribution in [0.2, 0.25) is 0 Å². The van der Waals surface area contributed by atoms with E-state index in [0.29, 0.717) is 18.5 Å². The molecular formula is C6H12N2O2S. The minimum atomic E-state index is -3.40. The van der Waals surface area contributed by atoms with Gasteiger partial charge in [-0.05, 0) is 24.7 Å². The fraction of sp³-hybridized carbons (Fsp3) is 1.00. The van der Waals surface area contributed by atoms with Crippen molar-refractivity contribution in [2.45, 2.75) is 19.3 Å². The van der Waals surface area contributed by atoms with Crippen molar-refractivity contribution in [2.24, 2.45) is 10.6 Å². The first kappa shape index (κ1) is 7.52. The lowest BCUT2D eigenvalue weighted by Gasteiger charge is -2.11. The zero-order valence-electron chi connectivity index (χ0n) is 6.28. The highest BCUT2D eigenvalue weighted by Crippen LogP contribution is 2.52. The maximum atomic E-state index is 10.9. The van der Waals surface area contributed by atoms with Gasteiger partial charge in [-0.25, -0.2) is 5.14 Å². The molecule has 0 aromatic carbocycles. The second-order valence-corrected chi connectivity index (χ2v) is 5.17. The average molecular weight is 176 g/mol. The van der Waals surface area contributed by atoms with Gasteiger partial charge in [0.1, 0.15) is 0 Å². The lowest BCUT2D eigenvalue weighted by molar-refractivity contribution is 0.452. The van der Waals surface area contributed by atoms with Gasteiger partial charge in [-0.15, -0.1) is 0 Å². The van der Waals surface area contributed by atoms with Crippen LogP contribution in [0.15, 0.2) is 0 Å². The number of hydrogen-bond donors (Lipinski definition) is 1. The second-order valence-electron chi connectivity index (χ2n) is 3.63. The molecule has 0 aromatic rings. The van der Waals surface area contributed by atoms with Crippen LogP contribution < -0.4 is 5.14 Å². The zero-order valence-corrected chi connectivity index (χ0v) is 7.10. The van der Waals surface area contributed by atoms with E-state index in [0.717, 1.165) is 6.42 Å². The molecular weight excluding hydrogens is 164 g/mol. The van der Waals surface area contributed by atoms with Gasteiger partial charge in [0.05, 0.1) is 0 Å². The SMILES string of the molecule is NS(=O)(=O)N1CCC2(CC2)C1. The Labute approximate surface area is 66.5 Å². The highest BCUT2D eigenvalue weighted by Gasteiger charge is 2.49. The van der Waals surface area contributed by atoms with Crippen molar-refractivity contribution >= 4 is 10.2 Å². The van der Waals surface area contributed by atoms with Crippen molar-refractivity contribution in [1.82, 2.24) is 4.31 Å². The van der Waals surface area contributed by atoms with Gasteiger partial charge in [-0.3, -0.25) is 0 Å². The molecule has 0 amide bonds. The summed E-state index contributed by atoms with van der Waals surface area (Å²) < 4.78 is 23.1. The summed E-state index contributed by atoms with van der Waals surface area (Å²) >= 11 is 0. The van der Waals surface area contributed by atoms with E-state index in [4.69, 9.17) is 5.14 Å². The van der Waals surface area contributed by atoms with Gasteiger partial charge in [-0.1, -0.05) is 0 Å². The van der Waals surface area contributed by atoms with Crippen LogP contribution in [0.1, 0.15) is 19.3 Å². The van der Waals surface area contributed by atoms with E-state index >= 15 is 0 Å². The molecule has 2 N–H and O–H groups in total. The first-order chi connectivity index (χ1) is 5.02. The second kappa shape index (κ2) is 1.97. The molecule has 0 aromatic heterocycles. The molecule has 64 valence electrons. The number of nitrogens with two attached hydrogens (primary N) is 1. The molecule has 11 heavy (non-hydrogen) atoms. The summed E-state index contributed by atoms with van der Waals surface area (Å²) in [7, 11) is -3.40. The highest BCUT2D eigenvalue weighted by molar-refractivity contribution is 7.86. The highest BCUT2D eigenvalue weighted by atomic mass is 32.2. The minimum Gasteiger partial charge on any atom is -0.216 e. The summed E-state index contributed by atoms with van der Waals surface area (Å²) in [6.45, 7) is 1.28. The number of rotatable bonds is 1. The van der Waals surface area contributed by atoms with Crippen molar-refractivity contribution in [3.8, 4) is 0 Å². The zero-order chi connectivity index (χ0) is 8.11. The largest absolute Gasteiger partial charge is 0.276 e. The maximum absolute atomic E-state index is 10.9. The molecule has 1 aliphatic heterocycles. The van der Waals surface area contributed by atoms with E-state index in [1.807, 2.05) is 0 Å². The Balaban J connectivity index is 2.11. The lowest BCUT2D eigenvalue weighted by atomic mass is 10.1. The van der Waals surface area contributed by atoms with Crippen molar-refractivity contribution in [3.63, 3.8) is 0 Å². The summed E-state index contributed by atoms with van der Waals surface area (Å²) in [5, 5.41) is 4.99. The van der Waals surface area contributed by atoms with Crippen molar-refractivity contribution < 1.29 is 8.42 Å². The fourth-order valence-corrected chi connectivity index (χ4v) is 2.50. The summed E-state index contributed by atoms with van der Waals surface area (Å²) in [5.74, 6) is 0. The van der Waals surface area contributed by atoms with E-state index in [1.165, 1.54) is 17.1 Å². The lowest BCUT2D eigenvalue weighted by Crippen LogP contribution is -2.34. The average Bonchev–Trinajstić information content (AvgIpc) is 2.38. The fourth-order valence-electron chi connectivity index (χ4n) is 1.70. The van der Waals surface area contributed by atoms with Crippen LogP contribution in [0.5, 0.6) is 0 Å². The molecule has 1 heterocycles. The van der Waals surface area contributed by atoms with Crippen molar-refractivity contribution in [3.05, 3.63) is 0 Å². The molecule has 4 nitrogen and oxygen atoms in total. The summed E-state index contributed by atoms with van der Waals surface area (Å²) in [5.41, 5.74) is 0.340. The third kappa shape index (κ3) is 1.28. The standard InChI is InChI=1S/C6H12N2O2S/c7-11(9,10)8-4-3-6(5-8)1-2-6/h1-5H2,(H2,7,9,10). The molecule has 1 aliphatic carbocycles. The quantitative estimate of drug-likeness (QED) is 0.595. The van der Waals surface area contributed by atoms with Crippen LogP contribution in [-0.2, 0) is 10.2 Å². The summed E-state index contributed by atoms with van der Waals surface area (Å²) in [6.07, 6.45) is 3.36. The Hall–Kier alpha value is -0.130. The van der Waals surface area contributed by atoms with Gasteiger partial charge in [0, 0.05) is 13.1 Å². The summed E-state index contributed by atoms with van der Waals surface area (Å²) in [6, 6.07) is 0. The smallest absolute Gasteiger partial charge is 0.216 e. The summed E-state index contributed by atoms with van der Waals surface area (Å²) in [4.78, 5) is 0. The number of nitrogens with zero attached hydrogens (tertiary/aromatic N) is 1. The molecule has 1 saturated carbocycles. The first-order valence-corrected chi connectivity index (χ1v) is 5.30. The van der Waals surface area contributed by atoms with Crippen molar-refractivity contribution in [1.29, 1.82) is 0 Å². The molecule has 0 bridgehead atoms. The van der Waals surface area contributed by atoms with E-state index in [9.17, 15) is 8.42 Å². The number of hydrogen-bond acceptors (Lipinski definition) is 2. The van der Waals surface area contributed by atoms with Crippen LogP contribution in [0.25, 0.3) is 0 Å². The van der Waals surface area contributed by atoms with E-state index in [-0.39, 0.29) is 0 Å². The van der Waals surface area contributed by atoms with E-state index in [1.54, 1.807) is 0 Å². The van der Waals surface area contributed by atoms with Crippen LogP contribution in [0, 0.1) is 5.41 Å². The van der Waals surface area contributed by atoms with E-state index < -0.39 is 10.2 Å². The van der Waals surface area contributed by atoms with Gasteiger partial charge in [0.2, 0.25) is 0 Å². The molecule has 0 unspecified atom stereocenters. The van der Waals surface area contributed by atoms with Gasteiger partial charge >= 0.3 is 0 Å². The monoisotopic (exact) mass is 176 g/mol.